The number of likely N-dealkylation sites (N-methyl/N-ethyl adjacent to an activating group) is 1. The van der Waals surface area contributed by atoms with Crippen LogP contribution in [0.2, 0.25) is 0 Å². The number of hydrogen-bond donors (Lipinski definition) is 2. The summed E-state index contributed by atoms with van der Waals surface area (Å²) in [6.45, 7) is 0.615. The Balaban J connectivity index is 1.35. The zero-order valence-electron chi connectivity index (χ0n) is 17.9. The average molecular weight is 425 g/mol. The molecule has 1 spiro atoms. The first-order chi connectivity index (χ1) is 14.9. The molecule has 0 aromatic heterocycles. The summed E-state index contributed by atoms with van der Waals surface area (Å²) in [5.41, 5.74) is 2.70. The Kier molecular flexibility index (Phi) is 5.82. The van der Waals surface area contributed by atoms with Crippen LogP contribution in [0.1, 0.15) is 37.7 Å². The summed E-state index contributed by atoms with van der Waals surface area (Å²) in [6.07, 6.45) is 4.10. The summed E-state index contributed by atoms with van der Waals surface area (Å²) in [4.78, 5) is 39.4. The number of nitrogens with zero attached hydrogens (tertiary/aromatic N) is 2. The molecular formula is C23H28N4O4. The fraction of sp³-hybridized carbons (Fsp3) is 0.435. The number of methoxy groups -OCH3 is 1. The number of hydrazine groups is 1. The number of urea groups is 1. The van der Waals surface area contributed by atoms with Crippen LogP contribution in [0, 0.1) is 0 Å². The number of imide groups is 1. The highest BCUT2D eigenvalue weighted by Crippen LogP contribution is 2.33. The second-order valence-electron chi connectivity index (χ2n) is 8.47. The number of rotatable bonds is 6. The Labute approximate surface area is 181 Å². The van der Waals surface area contributed by atoms with Gasteiger partial charge in [-0.15, -0.1) is 0 Å². The third kappa shape index (κ3) is 4.34. The molecule has 1 saturated heterocycles. The lowest BCUT2D eigenvalue weighted by atomic mass is 9.82. The van der Waals surface area contributed by atoms with Crippen molar-refractivity contribution in [1.29, 1.82) is 0 Å². The Morgan fingerprint density at radius 2 is 1.84 bits per heavy atom. The topological polar surface area (TPSA) is 91.0 Å². The van der Waals surface area contributed by atoms with Gasteiger partial charge in [0, 0.05) is 6.54 Å². The molecule has 4 amide bonds. The Bertz CT molecular complexity index is 1020. The van der Waals surface area contributed by atoms with E-state index in [-0.39, 0.29) is 12.5 Å². The van der Waals surface area contributed by atoms with Crippen molar-refractivity contribution in [3.8, 4) is 5.75 Å². The molecule has 8 heteroatoms. The van der Waals surface area contributed by atoms with Crippen LogP contribution < -0.4 is 15.5 Å². The van der Waals surface area contributed by atoms with E-state index in [9.17, 15) is 14.4 Å². The Morgan fingerprint density at radius 1 is 1.13 bits per heavy atom. The van der Waals surface area contributed by atoms with Gasteiger partial charge in [-0.1, -0.05) is 37.5 Å². The molecule has 4 rings (SSSR count). The van der Waals surface area contributed by atoms with Gasteiger partial charge in [-0.25, -0.2) is 4.79 Å². The number of ether oxygens (including phenoxy) is 1. The molecule has 1 heterocycles. The minimum Gasteiger partial charge on any atom is -0.497 e. The summed E-state index contributed by atoms with van der Waals surface area (Å²) < 4.78 is 5.26. The largest absolute Gasteiger partial charge is 0.497 e. The van der Waals surface area contributed by atoms with Crippen molar-refractivity contribution in [3.05, 3.63) is 42.0 Å². The van der Waals surface area contributed by atoms with Crippen molar-refractivity contribution in [2.45, 2.75) is 44.2 Å². The summed E-state index contributed by atoms with van der Waals surface area (Å²) in [7, 11) is 3.47. The molecule has 2 N–H and O–H groups in total. The predicted octanol–water partition coefficient (Wildman–Crippen LogP) is 2.57. The molecule has 2 fully saturated rings. The number of carbonyl (C=O) groups excluding carboxylic acids is 3. The van der Waals surface area contributed by atoms with Crippen LogP contribution in [0.4, 0.5) is 4.79 Å². The number of benzene rings is 2. The predicted molar refractivity (Wildman–Crippen MR) is 116 cm³/mol. The molecule has 0 radical (unpaired) electrons. The molecule has 1 aliphatic heterocycles. The fourth-order valence-electron chi connectivity index (χ4n) is 4.49. The first-order valence-electron chi connectivity index (χ1n) is 10.6. The molecule has 8 nitrogen and oxygen atoms in total. The maximum Gasteiger partial charge on any atom is 0.344 e. The van der Waals surface area contributed by atoms with Gasteiger partial charge in [0.05, 0.1) is 13.7 Å². The molecule has 0 atom stereocenters. The number of amides is 4. The zero-order chi connectivity index (χ0) is 22.0. The van der Waals surface area contributed by atoms with E-state index in [0.29, 0.717) is 19.4 Å². The normalized spacial score (nSPS) is 18.0. The minimum absolute atomic E-state index is 0.0602. The highest BCUT2D eigenvalue weighted by Gasteiger charge is 2.52. The number of hydrogen-bond acceptors (Lipinski definition) is 5. The summed E-state index contributed by atoms with van der Waals surface area (Å²) in [6, 6.07) is 11.5. The van der Waals surface area contributed by atoms with Crippen molar-refractivity contribution < 1.29 is 19.1 Å². The van der Waals surface area contributed by atoms with E-state index in [0.717, 1.165) is 46.4 Å². The van der Waals surface area contributed by atoms with Crippen LogP contribution in [0.15, 0.2) is 36.4 Å². The smallest absolute Gasteiger partial charge is 0.344 e. The van der Waals surface area contributed by atoms with Gasteiger partial charge >= 0.3 is 6.03 Å². The molecular weight excluding hydrogens is 396 g/mol. The molecule has 0 unspecified atom stereocenters. The third-order valence-corrected chi connectivity index (χ3v) is 6.08. The van der Waals surface area contributed by atoms with Crippen LogP contribution in [0.5, 0.6) is 5.75 Å². The molecule has 0 bridgehead atoms. The van der Waals surface area contributed by atoms with Crippen molar-refractivity contribution >= 4 is 28.6 Å². The average Bonchev–Trinajstić information content (AvgIpc) is 2.97. The third-order valence-electron chi connectivity index (χ3n) is 6.08. The monoisotopic (exact) mass is 424 g/mol. The molecule has 2 aromatic rings. The van der Waals surface area contributed by atoms with E-state index < -0.39 is 17.5 Å². The number of carbonyl (C=O) groups is 3. The molecule has 1 saturated carbocycles. The van der Waals surface area contributed by atoms with Gasteiger partial charge in [0.15, 0.2) is 0 Å². The Hall–Kier alpha value is -3.13. The van der Waals surface area contributed by atoms with Crippen LogP contribution in [-0.2, 0) is 16.1 Å². The lowest BCUT2D eigenvalue weighted by molar-refractivity contribution is -0.140. The SMILES string of the molecule is COc1ccc2cc(CN(C)CC(=O)NN3C(=O)NC4(CCCCC4)C3=O)ccc2c1. The second kappa shape index (κ2) is 8.55. The zero-order valence-corrected chi connectivity index (χ0v) is 17.9. The Morgan fingerprint density at radius 3 is 2.58 bits per heavy atom. The number of nitrogens with one attached hydrogen (secondary N) is 2. The standard InChI is InChI=1S/C23H28N4O4/c1-26(14-16-6-7-18-13-19(31-2)9-8-17(18)12-16)15-20(28)25-27-21(29)23(24-22(27)30)10-4-3-5-11-23/h6-9,12-13H,3-5,10-11,14-15H2,1-2H3,(H,24,30)(H,25,28). The van der Waals surface area contributed by atoms with E-state index in [2.05, 4.69) is 16.8 Å². The first kappa shape index (κ1) is 21.1. The summed E-state index contributed by atoms with van der Waals surface area (Å²) in [5, 5.41) is 5.82. The van der Waals surface area contributed by atoms with E-state index in [4.69, 9.17) is 4.74 Å². The quantitative estimate of drug-likeness (QED) is 0.696. The van der Waals surface area contributed by atoms with Gasteiger partial charge in [0.1, 0.15) is 11.3 Å². The van der Waals surface area contributed by atoms with Crippen LogP contribution >= 0.6 is 0 Å². The van der Waals surface area contributed by atoms with Crippen molar-refractivity contribution in [2.24, 2.45) is 0 Å². The molecule has 2 aliphatic rings. The van der Waals surface area contributed by atoms with Crippen molar-refractivity contribution in [1.82, 2.24) is 20.7 Å². The van der Waals surface area contributed by atoms with Crippen molar-refractivity contribution in [2.75, 3.05) is 20.7 Å². The molecule has 31 heavy (non-hydrogen) atoms. The van der Waals surface area contributed by atoms with E-state index in [1.54, 1.807) is 7.11 Å². The highest BCUT2D eigenvalue weighted by molar-refractivity contribution is 6.08. The van der Waals surface area contributed by atoms with Gasteiger partial charge < -0.3 is 10.1 Å². The fourth-order valence-corrected chi connectivity index (χ4v) is 4.49. The lowest BCUT2D eigenvalue weighted by Crippen LogP contribution is -2.52. The molecule has 1 aliphatic carbocycles. The van der Waals surface area contributed by atoms with Crippen LogP contribution in [0.3, 0.4) is 0 Å². The maximum absolute atomic E-state index is 12.8. The van der Waals surface area contributed by atoms with Crippen LogP contribution in [-0.4, -0.2) is 54.0 Å². The summed E-state index contributed by atoms with van der Waals surface area (Å²) >= 11 is 0. The minimum atomic E-state index is -0.845. The van der Waals surface area contributed by atoms with Crippen LogP contribution in [0.25, 0.3) is 10.8 Å². The van der Waals surface area contributed by atoms with Gasteiger partial charge in [-0.3, -0.25) is 19.9 Å². The van der Waals surface area contributed by atoms with E-state index in [1.807, 2.05) is 42.3 Å². The van der Waals surface area contributed by atoms with E-state index >= 15 is 0 Å². The molecule has 164 valence electrons. The van der Waals surface area contributed by atoms with Crippen molar-refractivity contribution in [3.63, 3.8) is 0 Å². The lowest BCUT2D eigenvalue weighted by Gasteiger charge is -2.30. The van der Waals surface area contributed by atoms with E-state index in [1.165, 1.54) is 0 Å². The highest BCUT2D eigenvalue weighted by atomic mass is 16.5. The van der Waals surface area contributed by atoms with Gasteiger partial charge in [0.25, 0.3) is 11.8 Å². The van der Waals surface area contributed by atoms with Gasteiger partial charge in [-0.2, -0.15) is 5.01 Å². The first-order valence-corrected chi connectivity index (χ1v) is 10.6. The maximum atomic E-state index is 12.8. The summed E-state index contributed by atoms with van der Waals surface area (Å²) in [5.74, 6) is 0.0621. The van der Waals surface area contributed by atoms with Gasteiger partial charge in [0.2, 0.25) is 0 Å². The second-order valence-corrected chi connectivity index (χ2v) is 8.47. The molecule has 2 aromatic carbocycles. The van der Waals surface area contributed by atoms with Gasteiger partial charge in [-0.05, 0) is 54.4 Å². The number of fused-ring (bicyclic) bond motifs is 1.